The molecule has 0 spiro atoms. The van der Waals surface area contributed by atoms with Crippen LogP contribution in [0.3, 0.4) is 0 Å². The van der Waals surface area contributed by atoms with Gasteiger partial charge in [-0.25, -0.2) is 4.79 Å². The van der Waals surface area contributed by atoms with Crippen molar-refractivity contribution in [3.63, 3.8) is 0 Å². The highest BCUT2D eigenvalue weighted by molar-refractivity contribution is 6.35. The van der Waals surface area contributed by atoms with Crippen molar-refractivity contribution in [1.82, 2.24) is 15.2 Å². The van der Waals surface area contributed by atoms with Gasteiger partial charge >= 0.3 is 6.03 Å². The fourth-order valence-corrected chi connectivity index (χ4v) is 4.27. The number of carbonyl (C=O) groups excluding carboxylic acids is 2. The molecular formula is C26H24ClN3O2. The number of urea groups is 1. The molecule has 3 aromatic carbocycles. The quantitative estimate of drug-likeness (QED) is 0.382. The van der Waals surface area contributed by atoms with Crippen LogP contribution in [0.4, 0.5) is 4.79 Å². The van der Waals surface area contributed by atoms with Gasteiger partial charge in [0.15, 0.2) is 0 Å². The Morgan fingerprint density at radius 3 is 2.34 bits per heavy atom. The van der Waals surface area contributed by atoms with Crippen LogP contribution in [0.15, 0.2) is 79.0 Å². The van der Waals surface area contributed by atoms with Gasteiger partial charge in [-0.2, -0.15) is 0 Å². The number of hydrogen-bond donors (Lipinski definition) is 2. The summed E-state index contributed by atoms with van der Waals surface area (Å²) in [4.78, 5) is 29.9. The standard InChI is InChI=1S/C25H20ClN3O2.CH4/c26-21-8-4-7-20-19(14-27-23(20)21)13-22-24(30)29(25(31)28-22)15-16-9-11-18(12-10-16)17-5-2-1-3-6-17;/h1-12,14,22,27H,13,15H2,(H,28,31);1H4/t22-;/m1./s1. The summed E-state index contributed by atoms with van der Waals surface area (Å²) in [5, 5.41) is 4.41. The van der Waals surface area contributed by atoms with E-state index in [-0.39, 0.29) is 25.9 Å². The van der Waals surface area contributed by atoms with Gasteiger partial charge in [0.2, 0.25) is 0 Å². The summed E-state index contributed by atoms with van der Waals surface area (Å²) in [6.45, 7) is 0.246. The Labute approximate surface area is 192 Å². The molecule has 6 heteroatoms. The van der Waals surface area contributed by atoms with E-state index in [1.165, 1.54) is 4.90 Å². The molecular weight excluding hydrogens is 422 g/mol. The van der Waals surface area contributed by atoms with Crippen LogP contribution in [0, 0.1) is 0 Å². The minimum absolute atomic E-state index is 0. The second-order valence-corrected chi connectivity index (χ2v) is 8.08. The van der Waals surface area contributed by atoms with E-state index >= 15 is 0 Å². The van der Waals surface area contributed by atoms with Gasteiger partial charge < -0.3 is 10.3 Å². The number of benzene rings is 3. The van der Waals surface area contributed by atoms with Gasteiger partial charge in [-0.05, 0) is 28.3 Å². The number of hydrogen-bond acceptors (Lipinski definition) is 2. The Hall–Kier alpha value is -3.57. The van der Waals surface area contributed by atoms with E-state index in [0.29, 0.717) is 11.4 Å². The molecule has 162 valence electrons. The average Bonchev–Trinajstić information content (AvgIpc) is 3.32. The maximum Gasteiger partial charge on any atom is 0.325 e. The molecule has 0 unspecified atom stereocenters. The van der Waals surface area contributed by atoms with Crippen molar-refractivity contribution in [3.05, 3.63) is 95.1 Å². The maximum absolute atomic E-state index is 12.9. The van der Waals surface area contributed by atoms with Crippen molar-refractivity contribution in [1.29, 1.82) is 0 Å². The monoisotopic (exact) mass is 445 g/mol. The molecule has 1 aromatic heterocycles. The number of amides is 3. The molecule has 2 N–H and O–H groups in total. The maximum atomic E-state index is 12.9. The zero-order valence-electron chi connectivity index (χ0n) is 16.6. The van der Waals surface area contributed by atoms with Crippen LogP contribution in [0.2, 0.25) is 5.02 Å². The van der Waals surface area contributed by atoms with Gasteiger partial charge in [0.1, 0.15) is 6.04 Å². The first kappa shape index (κ1) is 21.7. The predicted octanol–water partition coefficient (Wildman–Crippen LogP) is 5.79. The summed E-state index contributed by atoms with van der Waals surface area (Å²) >= 11 is 6.23. The van der Waals surface area contributed by atoms with Crippen LogP contribution in [-0.4, -0.2) is 27.9 Å². The Bertz CT molecular complexity index is 1270. The first-order valence-electron chi connectivity index (χ1n) is 10.1. The summed E-state index contributed by atoms with van der Waals surface area (Å²) in [7, 11) is 0. The highest BCUT2D eigenvalue weighted by Gasteiger charge is 2.38. The number of nitrogens with one attached hydrogen (secondary N) is 2. The molecule has 1 aliphatic rings. The summed E-state index contributed by atoms with van der Waals surface area (Å²) in [5.41, 5.74) is 4.92. The number of halogens is 1. The van der Waals surface area contributed by atoms with Crippen molar-refractivity contribution >= 4 is 34.4 Å². The molecule has 1 fully saturated rings. The van der Waals surface area contributed by atoms with Gasteiger partial charge in [-0.15, -0.1) is 0 Å². The number of rotatable bonds is 5. The first-order valence-corrected chi connectivity index (χ1v) is 10.5. The highest BCUT2D eigenvalue weighted by Crippen LogP contribution is 2.27. The van der Waals surface area contributed by atoms with E-state index in [1.54, 1.807) is 0 Å². The van der Waals surface area contributed by atoms with Crippen LogP contribution in [0.25, 0.3) is 22.0 Å². The van der Waals surface area contributed by atoms with Crippen LogP contribution < -0.4 is 5.32 Å². The lowest BCUT2D eigenvalue weighted by molar-refractivity contribution is -0.127. The average molecular weight is 446 g/mol. The molecule has 0 bridgehead atoms. The van der Waals surface area contributed by atoms with E-state index in [2.05, 4.69) is 22.4 Å². The third-order valence-electron chi connectivity index (χ3n) is 5.68. The molecule has 2 heterocycles. The molecule has 1 atom stereocenters. The van der Waals surface area contributed by atoms with Crippen LogP contribution >= 0.6 is 11.6 Å². The lowest BCUT2D eigenvalue weighted by Gasteiger charge is -2.13. The van der Waals surface area contributed by atoms with Crippen molar-refractivity contribution in [2.24, 2.45) is 0 Å². The smallest absolute Gasteiger partial charge is 0.325 e. The summed E-state index contributed by atoms with van der Waals surface area (Å²) in [6, 6.07) is 22.7. The fourth-order valence-electron chi connectivity index (χ4n) is 4.05. The molecule has 4 aromatic rings. The minimum atomic E-state index is -0.589. The van der Waals surface area contributed by atoms with Crippen molar-refractivity contribution in [2.75, 3.05) is 0 Å². The van der Waals surface area contributed by atoms with E-state index in [1.807, 2.05) is 66.9 Å². The number of aromatic amines is 1. The Balaban J connectivity index is 0.00000245. The molecule has 0 aliphatic carbocycles. The number of fused-ring (bicyclic) bond motifs is 1. The van der Waals surface area contributed by atoms with Crippen LogP contribution in [-0.2, 0) is 17.8 Å². The summed E-state index contributed by atoms with van der Waals surface area (Å²) in [5.74, 6) is -0.214. The van der Waals surface area contributed by atoms with E-state index < -0.39 is 6.04 Å². The van der Waals surface area contributed by atoms with E-state index in [4.69, 9.17) is 11.6 Å². The second-order valence-electron chi connectivity index (χ2n) is 7.67. The molecule has 32 heavy (non-hydrogen) atoms. The normalized spacial score (nSPS) is 15.7. The molecule has 5 rings (SSSR count). The largest absolute Gasteiger partial charge is 0.360 e. The van der Waals surface area contributed by atoms with Gasteiger partial charge in [0.05, 0.1) is 17.1 Å². The van der Waals surface area contributed by atoms with Crippen molar-refractivity contribution < 1.29 is 9.59 Å². The van der Waals surface area contributed by atoms with Gasteiger partial charge in [0.25, 0.3) is 5.91 Å². The van der Waals surface area contributed by atoms with Crippen LogP contribution in [0.5, 0.6) is 0 Å². The van der Waals surface area contributed by atoms with Gasteiger partial charge in [-0.1, -0.05) is 85.8 Å². The second kappa shape index (κ2) is 8.89. The lowest BCUT2D eigenvalue weighted by Crippen LogP contribution is -2.32. The van der Waals surface area contributed by atoms with Crippen molar-refractivity contribution in [3.8, 4) is 11.1 Å². The number of nitrogens with zero attached hydrogens (tertiary/aromatic N) is 1. The van der Waals surface area contributed by atoms with Crippen LogP contribution in [0.1, 0.15) is 18.6 Å². The Morgan fingerprint density at radius 1 is 0.875 bits per heavy atom. The zero-order valence-corrected chi connectivity index (χ0v) is 17.4. The van der Waals surface area contributed by atoms with E-state index in [0.717, 1.165) is 33.2 Å². The SMILES string of the molecule is C.O=C1N[C@H](Cc2c[nH]c3c(Cl)cccc23)C(=O)N1Cc1ccc(-c2ccccc2)cc1. The summed E-state index contributed by atoms with van der Waals surface area (Å²) in [6.07, 6.45) is 2.26. The number of H-pyrrole nitrogens is 1. The fraction of sp³-hybridized carbons (Fsp3) is 0.154. The van der Waals surface area contributed by atoms with Gasteiger partial charge in [-0.3, -0.25) is 9.69 Å². The minimum Gasteiger partial charge on any atom is -0.360 e. The molecule has 3 amide bonds. The predicted molar refractivity (Wildman–Crippen MR) is 128 cm³/mol. The molecule has 0 radical (unpaired) electrons. The number of para-hydroxylation sites is 1. The number of carbonyl (C=O) groups is 2. The lowest BCUT2D eigenvalue weighted by atomic mass is 10.0. The molecule has 1 aliphatic heterocycles. The van der Waals surface area contributed by atoms with E-state index in [9.17, 15) is 9.59 Å². The topological polar surface area (TPSA) is 65.2 Å². The highest BCUT2D eigenvalue weighted by atomic mass is 35.5. The first-order chi connectivity index (χ1) is 15.1. The number of imide groups is 1. The number of aromatic nitrogens is 1. The Kier molecular flexibility index (Phi) is 6.01. The third-order valence-corrected chi connectivity index (χ3v) is 6.00. The third kappa shape index (κ3) is 3.99. The molecule has 5 nitrogen and oxygen atoms in total. The van der Waals surface area contributed by atoms with Gasteiger partial charge in [0, 0.05) is 18.0 Å². The Morgan fingerprint density at radius 2 is 1.59 bits per heavy atom. The summed E-state index contributed by atoms with van der Waals surface area (Å²) < 4.78 is 0. The molecule has 0 saturated carbocycles. The zero-order chi connectivity index (χ0) is 21.4. The molecule has 1 saturated heterocycles. The van der Waals surface area contributed by atoms with Crippen molar-refractivity contribution in [2.45, 2.75) is 26.4 Å².